The van der Waals surface area contributed by atoms with Gasteiger partial charge in [-0.25, -0.2) is 9.98 Å². The van der Waals surface area contributed by atoms with Crippen molar-refractivity contribution in [3.8, 4) is 0 Å². The Bertz CT molecular complexity index is 1090. The van der Waals surface area contributed by atoms with Crippen LogP contribution in [0.1, 0.15) is 23.0 Å². The van der Waals surface area contributed by atoms with Crippen LogP contribution in [0.3, 0.4) is 0 Å². The van der Waals surface area contributed by atoms with Gasteiger partial charge in [0, 0.05) is 11.4 Å². The largest absolute Gasteiger partial charge is 0.465 e. The third kappa shape index (κ3) is 5.77. The lowest BCUT2D eigenvalue weighted by molar-refractivity contribution is -0.144. The summed E-state index contributed by atoms with van der Waals surface area (Å²) in [7, 11) is 0. The molecule has 0 fully saturated rings. The van der Waals surface area contributed by atoms with Crippen LogP contribution in [0, 0.1) is 12.8 Å². The summed E-state index contributed by atoms with van der Waals surface area (Å²) in [6.45, 7) is 3.56. The fourth-order valence-corrected chi connectivity index (χ4v) is 3.20. The number of hydrogen-bond acceptors (Lipinski definition) is 5. The molecule has 1 N–H and O–H groups in total. The van der Waals surface area contributed by atoms with Crippen molar-refractivity contribution < 1.29 is 14.3 Å². The maximum atomic E-state index is 13.5. The molecule has 0 bridgehead atoms. The van der Waals surface area contributed by atoms with Crippen molar-refractivity contribution in [3.05, 3.63) is 89.2 Å². The number of Topliss-reactive ketones (excluding diaryl/α,β-unsaturated/α-hetero) is 1. The SMILES string of the molecule is CCOC(=O)C(C(=O)c1ccc(C)nc1Cl)C(=Nc1ccccc1)Nc1ccccc1. The highest BCUT2D eigenvalue weighted by Crippen LogP contribution is 2.23. The van der Waals surface area contributed by atoms with E-state index in [-0.39, 0.29) is 23.2 Å². The van der Waals surface area contributed by atoms with Crippen LogP contribution in [0.2, 0.25) is 5.15 Å². The number of ketones is 1. The number of para-hydroxylation sites is 2. The van der Waals surface area contributed by atoms with Crippen LogP contribution in [-0.4, -0.2) is 29.2 Å². The third-order valence-corrected chi connectivity index (χ3v) is 4.65. The van der Waals surface area contributed by atoms with Crippen molar-refractivity contribution in [3.63, 3.8) is 0 Å². The summed E-state index contributed by atoms with van der Waals surface area (Å²) in [4.78, 5) is 35.1. The van der Waals surface area contributed by atoms with Crippen molar-refractivity contribution in [2.24, 2.45) is 10.9 Å². The number of nitrogens with one attached hydrogen (secondary N) is 1. The van der Waals surface area contributed by atoms with Gasteiger partial charge >= 0.3 is 5.97 Å². The Labute approximate surface area is 186 Å². The predicted octanol–water partition coefficient (Wildman–Crippen LogP) is 5.25. The van der Waals surface area contributed by atoms with Crippen molar-refractivity contribution in [2.75, 3.05) is 11.9 Å². The van der Waals surface area contributed by atoms with E-state index < -0.39 is 17.7 Å². The number of pyridine rings is 1. The Kier molecular flexibility index (Phi) is 7.51. The number of carbonyl (C=O) groups excluding carboxylic acids is 2. The number of aromatic nitrogens is 1. The van der Waals surface area contributed by atoms with Crippen LogP contribution < -0.4 is 5.32 Å². The lowest BCUT2D eigenvalue weighted by Crippen LogP contribution is -2.37. The lowest BCUT2D eigenvalue weighted by Gasteiger charge is -2.19. The minimum absolute atomic E-state index is 0.0260. The van der Waals surface area contributed by atoms with Crippen LogP contribution in [-0.2, 0) is 9.53 Å². The minimum atomic E-state index is -1.35. The van der Waals surface area contributed by atoms with Gasteiger partial charge in [0.05, 0.1) is 17.9 Å². The molecule has 0 saturated heterocycles. The molecule has 1 heterocycles. The summed E-state index contributed by atoms with van der Waals surface area (Å²) in [6.07, 6.45) is 0. The molecule has 1 unspecified atom stereocenters. The first-order valence-corrected chi connectivity index (χ1v) is 10.2. The topological polar surface area (TPSA) is 80.7 Å². The average Bonchev–Trinajstić information content (AvgIpc) is 2.75. The lowest BCUT2D eigenvalue weighted by atomic mass is 9.96. The molecule has 3 rings (SSSR count). The second kappa shape index (κ2) is 10.5. The monoisotopic (exact) mass is 435 g/mol. The van der Waals surface area contributed by atoms with Gasteiger partial charge in [-0.05, 0) is 50.2 Å². The van der Waals surface area contributed by atoms with Gasteiger partial charge in [0.1, 0.15) is 11.0 Å². The van der Waals surface area contributed by atoms with Gasteiger partial charge in [-0.1, -0.05) is 48.0 Å². The Hall–Kier alpha value is -3.51. The first-order valence-electron chi connectivity index (χ1n) is 9.79. The smallest absolute Gasteiger partial charge is 0.324 e. The third-order valence-electron chi connectivity index (χ3n) is 4.36. The molecule has 31 heavy (non-hydrogen) atoms. The van der Waals surface area contributed by atoms with Gasteiger partial charge in [-0.2, -0.15) is 0 Å². The number of benzene rings is 2. The van der Waals surface area contributed by atoms with Crippen LogP contribution in [0.4, 0.5) is 11.4 Å². The number of esters is 1. The van der Waals surface area contributed by atoms with E-state index in [1.54, 1.807) is 38.1 Å². The molecule has 0 saturated carbocycles. The van der Waals surface area contributed by atoms with Gasteiger partial charge in [0.25, 0.3) is 0 Å². The van der Waals surface area contributed by atoms with Gasteiger partial charge in [-0.15, -0.1) is 0 Å². The molecule has 0 radical (unpaired) electrons. The summed E-state index contributed by atoms with van der Waals surface area (Å²) < 4.78 is 5.22. The van der Waals surface area contributed by atoms with Crippen LogP contribution >= 0.6 is 11.6 Å². The van der Waals surface area contributed by atoms with Gasteiger partial charge in [0.2, 0.25) is 0 Å². The predicted molar refractivity (Wildman–Crippen MR) is 122 cm³/mol. The summed E-state index contributed by atoms with van der Waals surface area (Å²) in [5.41, 5.74) is 2.04. The molecule has 158 valence electrons. The Morgan fingerprint density at radius 2 is 1.68 bits per heavy atom. The normalized spacial score (nSPS) is 12.2. The van der Waals surface area contributed by atoms with E-state index in [1.807, 2.05) is 48.5 Å². The molecular weight excluding hydrogens is 414 g/mol. The molecule has 0 aliphatic heterocycles. The second-order valence-electron chi connectivity index (χ2n) is 6.66. The highest BCUT2D eigenvalue weighted by Gasteiger charge is 2.36. The molecule has 7 heteroatoms. The number of aliphatic imine (C=N–C) groups is 1. The van der Waals surface area contributed by atoms with E-state index in [2.05, 4.69) is 15.3 Å². The first kappa shape index (κ1) is 22.2. The maximum absolute atomic E-state index is 13.5. The molecule has 0 amide bonds. The van der Waals surface area contributed by atoms with Crippen molar-refractivity contribution >= 4 is 40.6 Å². The fraction of sp³-hybridized carbons (Fsp3) is 0.167. The van der Waals surface area contributed by atoms with Gasteiger partial charge in [0.15, 0.2) is 11.7 Å². The molecule has 1 aromatic heterocycles. The maximum Gasteiger partial charge on any atom is 0.324 e. The fourth-order valence-electron chi connectivity index (χ4n) is 2.91. The zero-order valence-corrected chi connectivity index (χ0v) is 18.0. The number of hydrogen-bond donors (Lipinski definition) is 1. The van der Waals surface area contributed by atoms with E-state index in [4.69, 9.17) is 16.3 Å². The van der Waals surface area contributed by atoms with Crippen LogP contribution in [0.15, 0.2) is 77.8 Å². The van der Waals surface area contributed by atoms with E-state index in [0.29, 0.717) is 17.1 Å². The van der Waals surface area contributed by atoms with E-state index in [9.17, 15) is 9.59 Å². The second-order valence-corrected chi connectivity index (χ2v) is 7.02. The zero-order valence-electron chi connectivity index (χ0n) is 17.2. The van der Waals surface area contributed by atoms with Crippen LogP contribution in [0.5, 0.6) is 0 Å². The molecule has 2 aromatic carbocycles. The molecule has 0 aliphatic rings. The first-order chi connectivity index (χ1) is 15.0. The summed E-state index contributed by atoms with van der Waals surface area (Å²) in [5.74, 6) is -2.48. The number of amidine groups is 1. The molecule has 0 spiro atoms. The summed E-state index contributed by atoms with van der Waals surface area (Å²) >= 11 is 6.23. The molecule has 6 nitrogen and oxygen atoms in total. The van der Waals surface area contributed by atoms with Crippen molar-refractivity contribution in [2.45, 2.75) is 13.8 Å². The van der Waals surface area contributed by atoms with Crippen molar-refractivity contribution in [1.82, 2.24) is 4.98 Å². The number of anilines is 1. The number of nitrogens with zero attached hydrogens (tertiary/aromatic N) is 2. The minimum Gasteiger partial charge on any atom is -0.465 e. The number of ether oxygens (including phenoxy) is 1. The number of aryl methyl sites for hydroxylation is 1. The Morgan fingerprint density at radius 1 is 1.03 bits per heavy atom. The van der Waals surface area contributed by atoms with Crippen molar-refractivity contribution in [1.29, 1.82) is 0 Å². The Balaban J connectivity index is 2.11. The van der Waals surface area contributed by atoms with Crippen LogP contribution in [0.25, 0.3) is 0 Å². The number of halogens is 1. The van der Waals surface area contributed by atoms with Gasteiger partial charge < -0.3 is 10.1 Å². The zero-order chi connectivity index (χ0) is 22.2. The van der Waals surface area contributed by atoms with E-state index in [1.165, 1.54) is 0 Å². The Morgan fingerprint density at radius 3 is 2.29 bits per heavy atom. The quantitative estimate of drug-likeness (QED) is 0.137. The number of carbonyl (C=O) groups is 2. The average molecular weight is 436 g/mol. The standard InChI is InChI=1S/C24H22ClN3O3/c1-3-31-24(30)20(21(29)19-15-14-16(2)26-22(19)25)23(27-17-10-6-4-7-11-17)28-18-12-8-5-9-13-18/h4-15,20H,3H2,1-2H3,(H,27,28). The van der Waals surface area contributed by atoms with E-state index >= 15 is 0 Å². The molecule has 1 atom stereocenters. The summed E-state index contributed by atoms with van der Waals surface area (Å²) in [5, 5.41) is 3.14. The van der Waals surface area contributed by atoms with Gasteiger partial charge in [-0.3, -0.25) is 9.59 Å². The highest BCUT2D eigenvalue weighted by molar-refractivity contribution is 6.35. The van der Waals surface area contributed by atoms with E-state index in [0.717, 1.165) is 0 Å². The summed E-state index contributed by atoms with van der Waals surface area (Å²) in [6, 6.07) is 21.4. The molecule has 0 aliphatic carbocycles. The number of rotatable bonds is 7. The molecule has 3 aromatic rings. The molecular formula is C24H22ClN3O3. The highest BCUT2D eigenvalue weighted by atomic mass is 35.5.